The van der Waals surface area contributed by atoms with Gasteiger partial charge < -0.3 is 9.47 Å². The van der Waals surface area contributed by atoms with Gasteiger partial charge in [-0.25, -0.2) is 0 Å². The van der Waals surface area contributed by atoms with Crippen molar-refractivity contribution in [3.63, 3.8) is 0 Å². The Morgan fingerprint density at radius 1 is 1.22 bits per heavy atom. The van der Waals surface area contributed by atoms with E-state index >= 15 is 0 Å². The fourth-order valence-electron chi connectivity index (χ4n) is 1.34. The molecule has 1 fully saturated rings. The van der Waals surface area contributed by atoms with Gasteiger partial charge in [0.25, 0.3) is 0 Å². The van der Waals surface area contributed by atoms with Crippen LogP contribution in [0.3, 0.4) is 0 Å². The molecule has 0 aromatic rings. The van der Waals surface area contributed by atoms with Gasteiger partial charge in [0.2, 0.25) is 0 Å². The Balaban J connectivity index is 2.13. The summed E-state index contributed by atoms with van der Waals surface area (Å²) in [4.78, 5) is 0. The number of rotatable bonds is 0. The average molecular weight is 126 g/mol. The molecule has 0 atom stereocenters. The fraction of sp³-hybridized carbons (Fsp3) is 0.714. The van der Waals surface area contributed by atoms with Crippen LogP contribution in [0, 0.1) is 0 Å². The molecule has 1 aliphatic heterocycles. The molecule has 0 aromatic carbocycles. The third-order valence-corrected chi connectivity index (χ3v) is 1.81. The second-order valence-corrected chi connectivity index (χ2v) is 2.45. The zero-order valence-corrected chi connectivity index (χ0v) is 5.30. The van der Waals surface area contributed by atoms with Gasteiger partial charge in [-0.3, -0.25) is 0 Å². The molecule has 2 heteroatoms. The minimum Gasteiger partial charge on any atom is -0.344 e. The van der Waals surface area contributed by atoms with E-state index in [1.807, 2.05) is 6.08 Å². The standard InChI is InChI=1S/C7H10O2/c1-2-4-7(3-1)8-5-6-9-7/h1,3H,2,4-6H2. The van der Waals surface area contributed by atoms with Crippen LogP contribution < -0.4 is 0 Å². The summed E-state index contributed by atoms with van der Waals surface area (Å²) in [7, 11) is 0. The van der Waals surface area contributed by atoms with Gasteiger partial charge in [0, 0.05) is 6.42 Å². The van der Waals surface area contributed by atoms with Crippen molar-refractivity contribution in [1.29, 1.82) is 0 Å². The molecule has 0 saturated carbocycles. The lowest BCUT2D eigenvalue weighted by Gasteiger charge is -2.17. The molecule has 2 rings (SSSR count). The van der Waals surface area contributed by atoms with Crippen molar-refractivity contribution in [3.8, 4) is 0 Å². The van der Waals surface area contributed by atoms with Gasteiger partial charge in [-0.1, -0.05) is 6.08 Å². The van der Waals surface area contributed by atoms with Crippen LogP contribution in [-0.4, -0.2) is 19.0 Å². The monoisotopic (exact) mass is 126 g/mol. The highest BCUT2D eigenvalue weighted by Crippen LogP contribution is 2.31. The molecule has 9 heavy (non-hydrogen) atoms. The molecular weight excluding hydrogens is 116 g/mol. The molecule has 50 valence electrons. The van der Waals surface area contributed by atoms with Crippen LogP contribution in [0.15, 0.2) is 12.2 Å². The van der Waals surface area contributed by atoms with Crippen molar-refractivity contribution in [2.45, 2.75) is 18.6 Å². The van der Waals surface area contributed by atoms with E-state index in [1.165, 1.54) is 0 Å². The van der Waals surface area contributed by atoms with E-state index in [9.17, 15) is 0 Å². The second kappa shape index (κ2) is 1.82. The van der Waals surface area contributed by atoms with Crippen molar-refractivity contribution in [3.05, 3.63) is 12.2 Å². The zero-order valence-electron chi connectivity index (χ0n) is 5.30. The van der Waals surface area contributed by atoms with Gasteiger partial charge in [-0.2, -0.15) is 0 Å². The molecule has 0 unspecified atom stereocenters. The molecule has 1 aliphatic carbocycles. The summed E-state index contributed by atoms with van der Waals surface area (Å²) in [5.41, 5.74) is 0. The lowest BCUT2D eigenvalue weighted by molar-refractivity contribution is -0.114. The maximum atomic E-state index is 5.39. The minimum absolute atomic E-state index is 0.292. The van der Waals surface area contributed by atoms with Crippen LogP contribution in [0.4, 0.5) is 0 Å². The molecule has 2 nitrogen and oxygen atoms in total. The van der Waals surface area contributed by atoms with E-state index in [-0.39, 0.29) is 5.79 Å². The summed E-state index contributed by atoms with van der Waals surface area (Å²) in [6, 6.07) is 0. The Hall–Kier alpha value is -0.340. The van der Waals surface area contributed by atoms with Crippen LogP contribution in [0.5, 0.6) is 0 Å². The van der Waals surface area contributed by atoms with E-state index in [2.05, 4.69) is 6.08 Å². The summed E-state index contributed by atoms with van der Waals surface area (Å²) < 4.78 is 10.8. The third-order valence-electron chi connectivity index (χ3n) is 1.81. The van der Waals surface area contributed by atoms with Crippen LogP contribution >= 0.6 is 0 Å². The summed E-state index contributed by atoms with van der Waals surface area (Å²) in [5.74, 6) is -0.292. The third kappa shape index (κ3) is 0.787. The normalized spacial score (nSPS) is 30.2. The van der Waals surface area contributed by atoms with Crippen LogP contribution in [-0.2, 0) is 9.47 Å². The molecule has 0 aromatic heterocycles. The van der Waals surface area contributed by atoms with Crippen LogP contribution in [0.25, 0.3) is 0 Å². The largest absolute Gasteiger partial charge is 0.344 e. The Morgan fingerprint density at radius 2 is 2.00 bits per heavy atom. The molecule has 1 saturated heterocycles. The average Bonchev–Trinajstić information content (AvgIpc) is 2.45. The van der Waals surface area contributed by atoms with Crippen LogP contribution in [0.2, 0.25) is 0 Å². The summed E-state index contributed by atoms with van der Waals surface area (Å²) in [5, 5.41) is 0. The maximum absolute atomic E-state index is 5.39. The minimum atomic E-state index is -0.292. The van der Waals surface area contributed by atoms with E-state index in [1.54, 1.807) is 0 Å². The number of ether oxygens (including phenoxy) is 2. The van der Waals surface area contributed by atoms with Gasteiger partial charge in [0.15, 0.2) is 5.79 Å². The summed E-state index contributed by atoms with van der Waals surface area (Å²) in [6.07, 6.45) is 6.25. The second-order valence-electron chi connectivity index (χ2n) is 2.45. The SMILES string of the molecule is C1=CC2(CC1)OCCO2. The zero-order chi connectivity index (χ0) is 6.16. The molecule has 0 N–H and O–H groups in total. The highest BCUT2D eigenvalue weighted by atomic mass is 16.7. The molecule has 2 aliphatic rings. The van der Waals surface area contributed by atoms with Crippen LogP contribution in [0.1, 0.15) is 12.8 Å². The quantitative estimate of drug-likeness (QED) is 0.452. The highest BCUT2D eigenvalue weighted by molar-refractivity contribution is 5.05. The van der Waals surface area contributed by atoms with Gasteiger partial charge in [0.1, 0.15) is 0 Å². The highest BCUT2D eigenvalue weighted by Gasteiger charge is 2.35. The Labute approximate surface area is 54.5 Å². The van der Waals surface area contributed by atoms with E-state index < -0.39 is 0 Å². The van der Waals surface area contributed by atoms with Gasteiger partial charge in [0.05, 0.1) is 13.2 Å². The number of hydrogen-bond acceptors (Lipinski definition) is 2. The van der Waals surface area contributed by atoms with Crippen molar-refractivity contribution < 1.29 is 9.47 Å². The molecule has 1 spiro atoms. The topological polar surface area (TPSA) is 18.5 Å². The Bertz CT molecular complexity index is 134. The molecule has 1 heterocycles. The first kappa shape index (κ1) is 5.45. The lowest BCUT2D eigenvalue weighted by Crippen LogP contribution is -2.23. The van der Waals surface area contributed by atoms with Gasteiger partial charge in [-0.05, 0) is 12.5 Å². The first-order valence-electron chi connectivity index (χ1n) is 3.37. The predicted molar refractivity (Wildman–Crippen MR) is 33.0 cm³/mol. The smallest absolute Gasteiger partial charge is 0.188 e. The predicted octanol–water partition coefficient (Wildman–Crippen LogP) is 1.08. The van der Waals surface area contributed by atoms with Crippen molar-refractivity contribution in [2.75, 3.05) is 13.2 Å². The molecule has 0 bridgehead atoms. The summed E-state index contributed by atoms with van der Waals surface area (Å²) >= 11 is 0. The maximum Gasteiger partial charge on any atom is 0.188 e. The van der Waals surface area contributed by atoms with E-state index in [0.717, 1.165) is 26.1 Å². The van der Waals surface area contributed by atoms with E-state index in [4.69, 9.17) is 9.47 Å². The molecule has 0 radical (unpaired) electrons. The summed E-state index contributed by atoms with van der Waals surface area (Å²) in [6.45, 7) is 1.51. The molecular formula is C7H10O2. The van der Waals surface area contributed by atoms with Crippen molar-refractivity contribution in [1.82, 2.24) is 0 Å². The van der Waals surface area contributed by atoms with Gasteiger partial charge >= 0.3 is 0 Å². The lowest BCUT2D eigenvalue weighted by atomic mass is 10.2. The Kier molecular flexibility index (Phi) is 1.10. The Morgan fingerprint density at radius 3 is 2.56 bits per heavy atom. The van der Waals surface area contributed by atoms with Crippen molar-refractivity contribution >= 4 is 0 Å². The number of hydrogen-bond donors (Lipinski definition) is 0. The van der Waals surface area contributed by atoms with Gasteiger partial charge in [-0.15, -0.1) is 0 Å². The fourth-order valence-corrected chi connectivity index (χ4v) is 1.34. The number of allylic oxidation sites excluding steroid dienone is 1. The van der Waals surface area contributed by atoms with Crippen molar-refractivity contribution in [2.24, 2.45) is 0 Å². The van der Waals surface area contributed by atoms with E-state index in [0.29, 0.717) is 0 Å². The first-order valence-corrected chi connectivity index (χ1v) is 3.37. The molecule has 0 amide bonds. The first-order chi connectivity index (χ1) is 4.41.